The van der Waals surface area contributed by atoms with E-state index in [-0.39, 0.29) is 18.2 Å². The second kappa shape index (κ2) is 10.4. The van der Waals surface area contributed by atoms with Gasteiger partial charge in [0.1, 0.15) is 5.75 Å². The summed E-state index contributed by atoms with van der Waals surface area (Å²) in [6, 6.07) is 12.2. The van der Waals surface area contributed by atoms with Crippen LogP contribution in [0.1, 0.15) is 21.6 Å². The van der Waals surface area contributed by atoms with Crippen molar-refractivity contribution in [1.82, 2.24) is 9.88 Å². The number of amides is 1. The van der Waals surface area contributed by atoms with Crippen molar-refractivity contribution in [2.45, 2.75) is 13.3 Å². The molecule has 7 nitrogen and oxygen atoms in total. The van der Waals surface area contributed by atoms with Crippen LogP contribution in [0.2, 0.25) is 5.02 Å². The monoisotopic (exact) mass is 443 g/mol. The van der Waals surface area contributed by atoms with Gasteiger partial charge < -0.3 is 20.5 Å². The Bertz CT molecular complexity index is 1080. The average molecular weight is 444 g/mol. The quantitative estimate of drug-likeness (QED) is 0.496. The summed E-state index contributed by atoms with van der Waals surface area (Å²) in [6.45, 7) is 3.52. The summed E-state index contributed by atoms with van der Waals surface area (Å²) in [5, 5.41) is 4.20. The number of carbonyl (C=O) groups excluding carboxylic acids is 2. The van der Waals surface area contributed by atoms with E-state index >= 15 is 0 Å². The van der Waals surface area contributed by atoms with Crippen LogP contribution in [0, 0.1) is 6.92 Å². The number of aromatic nitrogens is 1. The molecule has 164 valence electrons. The van der Waals surface area contributed by atoms with Gasteiger partial charge in [-0.25, -0.2) is 0 Å². The number of methoxy groups -OCH3 is 1. The molecule has 0 aliphatic rings. The summed E-state index contributed by atoms with van der Waals surface area (Å²) in [4.78, 5) is 25.8. The van der Waals surface area contributed by atoms with Gasteiger partial charge in [0.05, 0.1) is 32.3 Å². The van der Waals surface area contributed by atoms with Crippen LogP contribution in [0.4, 0.5) is 0 Å². The number of carbonyl (C=O) groups is 2. The Labute approximate surface area is 186 Å². The number of hydrogen-bond donors (Lipinski definition) is 2. The lowest BCUT2D eigenvalue weighted by atomic mass is 10.1. The number of halogens is 1. The number of fused-ring (bicyclic) bond motifs is 1. The number of nitrogens with two attached hydrogens (primary N) is 1. The highest BCUT2D eigenvalue weighted by atomic mass is 35.5. The van der Waals surface area contributed by atoms with Gasteiger partial charge in [0.2, 0.25) is 5.91 Å². The maximum Gasteiger partial charge on any atom is 0.262 e. The van der Waals surface area contributed by atoms with Crippen molar-refractivity contribution in [2.75, 3.05) is 33.4 Å². The van der Waals surface area contributed by atoms with Gasteiger partial charge in [-0.15, -0.1) is 0 Å². The van der Waals surface area contributed by atoms with Crippen molar-refractivity contribution in [3.8, 4) is 5.75 Å². The van der Waals surface area contributed by atoms with Crippen LogP contribution in [-0.2, 0) is 16.0 Å². The molecule has 0 unspecified atom stereocenters. The van der Waals surface area contributed by atoms with Crippen LogP contribution >= 0.6 is 11.6 Å². The maximum atomic E-state index is 13.3. The van der Waals surface area contributed by atoms with E-state index in [4.69, 9.17) is 26.8 Å². The van der Waals surface area contributed by atoms with Gasteiger partial charge in [-0.3, -0.25) is 14.2 Å². The molecule has 0 saturated heterocycles. The van der Waals surface area contributed by atoms with E-state index in [9.17, 15) is 9.59 Å². The molecule has 1 amide bonds. The summed E-state index contributed by atoms with van der Waals surface area (Å²) in [6.07, 6.45) is 0.132. The highest BCUT2D eigenvalue weighted by molar-refractivity contribution is 6.30. The fraction of sp³-hybridized carbons (Fsp3) is 0.304. The molecule has 0 saturated carbocycles. The molecule has 0 radical (unpaired) electrons. The van der Waals surface area contributed by atoms with E-state index in [0.29, 0.717) is 53.8 Å². The first-order chi connectivity index (χ1) is 15.0. The van der Waals surface area contributed by atoms with E-state index in [2.05, 4.69) is 5.32 Å². The molecule has 0 spiro atoms. The van der Waals surface area contributed by atoms with E-state index in [0.717, 1.165) is 10.9 Å². The van der Waals surface area contributed by atoms with Crippen LogP contribution in [0.25, 0.3) is 10.9 Å². The molecule has 3 aromatic rings. The fourth-order valence-corrected chi connectivity index (χ4v) is 3.59. The molecule has 0 aliphatic heterocycles. The van der Waals surface area contributed by atoms with Crippen molar-refractivity contribution in [1.29, 1.82) is 0 Å². The van der Waals surface area contributed by atoms with Gasteiger partial charge in [0, 0.05) is 34.8 Å². The molecule has 0 atom stereocenters. The third-order valence-corrected chi connectivity index (χ3v) is 5.26. The van der Waals surface area contributed by atoms with Crippen molar-refractivity contribution in [3.05, 3.63) is 64.3 Å². The lowest BCUT2D eigenvalue weighted by molar-refractivity contribution is -0.120. The van der Waals surface area contributed by atoms with Crippen LogP contribution < -0.4 is 15.8 Å². The van der Waals surface area contributed by atoms with E-state index in [1.54, 1.807) is 42.0 Å². The molecule has 0 aliphatic carbocycles. The molecule has 2 aromatic carbocycles. The van der Waals surface area contributed by atoms with Gasteiger partial charge in [0.15, 0.2) is 0 Å². The summed E-state index contributed by atoms with van der Waals surface area (Å²) in [7, 11) is 1.58. The lowest BCUT2D eigenvalue weighted by Crippen LogP contribution is -2.29. The zero-order valence-corrected chi connectivity index (χ0v) is 18.4. The first kappa shape index (κ1) is 22.8. The minimum absolute atomic E-state index is 0.132. The molecule has 3 N–H and O–H groups in total. The Morgan fingerprint density at radius 2 is 1.87 bits per heavy atom. The van der Waals surface area contributed by atoms with Gasteiger partial charge in [-0.2, -0.15) is 0 Å². The number of ether oxygens (including phenoxy) is 2. The second-order valence-electron chi connectivity index (χ2n) is 7.02. The number of hydrogen-bond acceptors (Lipinski definition) is 5. The van der Waals surface area contributed by atoms with Crippen molar-refractivity contribution in [2.24, 2.45) is 5.73 Å². The van der Waals surface area contributed by atoms with Crippen LogP contribution in [0.5, 0.6) is 5.75 Å². The summed E-state index contributed by atoms with van der Waals surface area (Å²) in [5.74, 6) is 0.312. The predicted octanol–water partition coefficient (Wildman–Crippen LogP) is 2.93. The summed E-state index contributed by atoms with van der Waals surface area (Å²) in [5.41, 5.74) is 8.09. The number of rotatable bonds is 9. The van der Waals surface area contributed by atoms with Crippen molar-refractivity contribution >= 4 is 34.3 Å². The summed E-state index contributed by atoms with van der Waals surface area (Å²) < 4.78 is 12.3. The van der Waals surface area contributed by atoms with E-state index < -0.39 is 0 Å². The normalized spacial score (nSPS) is 11.0. The number of benzene rings is 2. The van der Waals surface area contributed by atoms with Crippen LogP contribution in [0.3, 0.4) is 0 Å². The van der Waals surface area contributed by atoms with Gasteiger partial charge in [-0.05, 0) is 55.0 Å². The van der Waals surface area contributed by atoms with E-state index in [1.807, 2.05) is 19.1 Å². The minimum Gasteiger partial charge on any atom is -0.497 e. The van der Waals surface area contributed by atoms with Crippen molar-refractivity contribution in [3.63, 3.8) is 0 Å². The highest BCUT2D eigenvalue weighted by Gasteiger charge is 2.22. The maximum absolute atomic E-state index is 13.3. The Morgan fingerprint density at radius 1 is 1.13 bits per heavy atom. The Kier molecular flexibility index (Phi) is 7.68. The standard InChI is InChI=1S/C23H26ClN3O4/c1-15-19(14-22(28)26-10-12-31-11-9-25)20-13-18(30-2)7-8-21(20)27(15)23(29)16-3-5-17(24)6-4-16/h3-8,13H,9-12,14,25H2,1-2H3,(H,26,28). The third kappa shape index (κ3) is 5.25. The van der Waals surface area contributed by atoms with Gasteiger partial charge in [0.25, 0.3) is 5.91 Å². The smallest absolute Gasteiger partial charge is 0.262 e. The second-order valence-corrected chi connectivity index (χ2v) is 7.46. The number of nitrogens with zero attached hydrogens (tertiary/aromatic N) is 1. The fourth-order valence-electron chi connectivity index (χ4n) is 3.47. The number of nitrogens with one attached hydrogen (secondary N) is 1. The summed E-state index contributed by atoms with van der Waals surface area (Å²) >= 11 is 5.96. The molecular formula is C23H26ClN3O4. The molecule has 31 heavy (non-hydrogen) atoms. The average Bonchev–Trinajstić information content (AvgIpc) is 3.04. The highest BCUT2D eigenvalue weighted by Crippen LogP contribution is 2.30. The SMILES string of the molecule is COc1ccc2c(c1)c(CC(=O)NCCOCCN)c(C)n2C(=O)c1ccc(Cl)cc1. The molecule has 0 fully saturated rings. The van der Waals surface area contributed by atoms with E-state index in [1.165, 1.54) is 0 Å². The first-order valence-corrected chi connectivity index (χ1v) is 10.4. The van der Waals surface area contributed by atoms with Crippen molar-refractivity contribution < 1.29 is 19.1 Å². The molecular weight excluding hydrogens is 418 g/mol. The van der Waals surface area contributed by atoms with Gasteiger partial charge >= 0.3 is 0 Å². The zero-order valence-electron chi connectivity index (χ0n) is 17.6. The Hall–Kier alpha value is -2.87. The molecule has 1 aromatic heterocycles. The topological polar surface area (TPSA) is 95.6 Å². The zero-order chi connectivity index (χ0) is 22.4. The molecule has 8 heteroatoms. The molecule has 1 heterocycles. The van der Waals surface area contributed by atoms with Gasteiger partial charge in [-0.1, -0.05) is 11.6 Å². The van der Waals surface area contributed by atoms with Crippen LogP contribution in [0.15, 0.2) is 42.5 Å². The third-order valence-electron chi connectivity index (χ3n) is 5.00. The lowest BCUT2D eigenvalue weighted by Gasteiger charge is -2.08. The first-order valence-electron chi connectivity index (χ1n) is 9.99. The molecule has 3 rings (SSSR count). The Balaban J connectivity index is 1.93. The Morgan fingerprint density at radius 3 is 2.55 bits per heavy atom. The largest absolute Gasteiger partial charge is 0.497 e. The molecule has 0 bridgehead atoms. The van der Waals surface area contributed by atoms with Crippen LogP contribution in [-0.4, -0.2) is 49.8 Å². The minimum atomic E-state index is -0.189. The predicted molar refractivity (Wildman–Crippen MR) is 121 cm³/mol.